The van der Waals surface area contributed by atoms with E-state index in [1.807, 2.05) is 24.3 Å². The van der Waals surface area contributed by atoms with Crippen molar-refractivity contribution in [1.29, 1.82) is 0 Å². The molecule has 4 heterocycles. The molecule has 0 saturated heterocycles. The van der Waals surface area contributed by atoms with Crippen LogP contribution in [0, 0.1) is 0 Å². The number of furan rings is 1. The largest absolute Gasteiger partial charge is 0.456 e. The van der Waals surface area contributed by atoms with E-state index in [-0.39, 0.29) is 0 Å². The van der Waals surface area contributed by atoms with Gasteiger partial charge in [0.15, 0.2) is 5.82 Å². The number of benzene rings is 8. The number of rotatable bonds is 5. The highest BCUT2D eigenvalue weighted by molar-refractivity contribution is 6.28. The van der Waals surface area contributed by atoms with Gasteiger partial charge in [0.1, 0.15) is 16.8 Å². The molecule has 12 rings (SSSR count). The van der Waals surface area contributed by atoms with Crippen molar-refractivity contribution in [2.24, 2.45) is 0 Å². The highest BCUT2D eigenvalue weighted by Crippen LogP contribution is 2.44. The molecule has 5 heteroatoms. The molecule has 12 aromatic rings. The Hall–Kier alpha value is -7.76. The summed E-state index contributed by atoms with van der Waals surface area (Å²) < 4.78 is 11.1. The molecule has 0 spiro atoms. The lowest BCUT2D eigenvalue weighted by atomic mass is 9.98. The van der Waals surface area contributed by atoms with E-state index in [1.165, 1.54) is 10.8 Å². The van der Waals surface area contributed by atoms with Gasteiger partial charge >= 0.3 is 0 Å². The summed E-state index contributed by atoms with van der Waals surface area (Å²) in [6, 6.07) is 68.3. The van der Waals surface area contributed by atoms with Crippen LogP contribution >= 0.6 is 0 Å². The Morgan fingerprint density at radius 3 is 1.58 bits per heavy atom. The van der Waals surface area contributed by atoms with Crippen LogP contribution in [0.15, 0.2) is 199 Å². The minimum Gasteiger partial charge on any atom is -0.456 e. The first kappa shape index (κ1) is 31.6. The molecule has 0 atom stereocenters. The maximum atomic E-state index is 6.43. The normalized spacial score (nSPS) is 11.9. The van der Waals surface area contributed by atoms with Crippen LogP contribution in [-0.4, -0.2) is 19.1 Å². The zero-order valence-electron chi connectivity index (χ0n) is 30.7. The molecule has 0 saturated carbocycles. The Bertz CT molecular complexity index is 3490. The van der Waals surface area contributed by atoms with Gasteiger partial charge in [-0.15, -0.1) is 0 Å². The fraction of sp³-hybridized carbons (Fsp3) is 0. The van der Waals surface area contributed by atoms with E-state index in [2.05, 4.69) is 179 Å². The van der Waals surface area contributed by atoms with E-state index in [0.717, 1.165) is 94.2 Å². The summed E-state index contributed by atoms with van der Waals surface area (Å²) in [5.41, 5.74) is 13.4. The number of aromatic nitrogens is 4. The van der Waals surface area contributed by atoms with Crippen LogP contribution in [0.4, 0.5) is 0 Å². The molecule has 0 bridgehead atoms. The van der Waals surface area contributed by atoms with Crippen LogP contribution in [0.1, 0.15) is 0 Å². The summed E-state index contributed by atoms with van der Waals surface area (Å²) in [5.74, 6) is 0.695. The van der Waals surface area contributed by atoms with Crippen molar-refractivity contribution in [3.8, 4) is 45.1 Å². The number of hydrogen-bond acceptors (Lipinski definition) is 3. The lowest BCUT2D eigenvalue weighted by molar-refractivity contribution is 0.669. The van der Waals surface area contributed by atoms with E-state index < -0.39 is 0 Å². The second-order valence-corrected chi connectivity index (χ2v) is 14.6. The highest BCUT2D eigenvalue weighted by Gasteiger charge is 2.23. The highest BCUT2D eigenvalue weighted by atomic mass is 16.3. The number of para-hydroxylation sites is 3. The topological polar surface area (TPSA) is 48.8 Å². The van der Waals surface area contributed by atoms with Gasteiger partial charge in [-0.3, -0.25) is 4.57 Å². The van der Waals surface area contributed by atoms with Crippen LogP contribution in [0.3, 0.4) is 0 Å². The lowest BCUT2D eigenvalue weighted by Gasteiger charge is -2.10. The van der Waals surface area contributed by atoms with Crippen LogP contribution in [0.5, 0.6) is 0 Å². The summed E-state index contributed by atoms with van der Waals surface area (Å²) in [5, 5.41) is 6.74. The minimum atomic E-state index is 0.695. The molecule has 8 aromatic carbocycles. The molecule has 57 heavy (non-hydrogen) atoms. The smallest absolute Gasteiger partial charge is 0.162 e. The SMILES string of the molecule is c1ccc(-c2nc(-c3ccccc3)c3c4cc(-c5ccc6c(c5)c5c7c(ccc5n6-c5ccccc5)oc5ccccc57)ccc4n(-c4ccccc4)c3n2)cc1. The van der Waals surface area contributed by atoms with Crippen LogP contribution < -0.4 is 0 Å². The van der Waals surface area contributed by atoms with Gasteiger partial charge in [-0.2, -0.15) is 0 Å². The van der Waals surface area contributed by atoms with Crippen LogP contribution in [0.25, 0.3) is 111 Å². The second kappa shape index (κ2) is 12.4. The second-order valence-electron chi connectivity index (χ2n) is 14.6. The molecule has 5 nitrogen and oxygen atoms in total. The molecular weight excluding hydrogens is 697 g/mol. The third-order valence-electron chi connectivity index (χ3n) is 11.3. The molecular formula is C52H32N4O. The van der Waals surface area contributed by atoms with Crippen LogP contribution in [0.2, 0.25) is 0 Å². The van der Waals surface area contributed by atoms with Crippen LogP contribution in [-0.2, 0) is 0 Å². The van der Waals surface area contributed by atoms with Gasteiger partial charge in [-0.1, -0.05) is 127 Å². The number of nitrogens with zero attached hydrogens (tertiary/aromatic N) is 4. The molecule has 0 aliphatic rings. The summed E-state index contributed by atoms with van der Waals surface area (Å²) in [6.07, 6.45) is 0. The maximum Gasteiger partial charge on any atom is 0.162 e. The summed E-state index contributed by atoms with van der Waals surface area (Å²) in [6.45, 7) is 0. The molecule has 0 radical (unpaired) electrons. The molecule has 4 aromatic heterocycles. The predicted octanol–water partition coefficient (Wildman–Crippen LogP) is 13.6. The Kier molecular flexibility index (Phi) is 6.86. The van der Waals surface area contributed by atoms with Crippen molar-refractivity contribution in [2.75, 3.05) is 0 Å². The monoisotopic (exact) mass is 728 g/mol. The van der Waals surface area contributed by atoms with Gasteiger partial charge in [0.05, 0.1) is 27.6 Å². The molecule has 0 fully saturated rings. The first-order valence-corrected chi connectivity index (χ1v) is 19.3. The zero-order valence-corrected chi connectivity index (χ0v) is 30.7. The van der Waals surface area contributed by atoms with Gasteiger partial charge in [0.2, 0.25) is 0 Å². The predicted molar refractivity (Wildman–Crippen MR) is 234 cm³/mol. The zero-order chi connectivity index (χ0) is 37.5. The Balaban J connectivity index is 1.16. The van der Waals surface area contributed by atoms with E-state index in [1.54, 1.807) is 0 Å². The summed E-state index contributed by atoms with van der Waals surface area (Å²) >= 11 is 0. The van der Waals surface area contributed by atoms with E-state index in [9.17, 15) is 0 Å². The van der Waals surface area contributed by atoms with Crippen molar-refractivity contribution < 1.29 is 4.42 Å². The van der Waals surface area contributed by atoms with Gasteiger partial charge in [-0.25, -0.2) is 9.97 Å². The first-order valence-electron chi connectivity index (χ1n) is 19.3. The van der Waals surface area contributed by atoms with E-state index in [0.29, 0.717) is 5.82 Å². The van der Waals surface area contributed by atoms with Gasteiger partial charge in [-0.05, 0) is 77.9 Å². The third kappa shape index (κ3) is 4.82. The summed E-state index contributed by atoms with van der Waals surface area (Å²) in [7, 11) is 0. The average molecular weight is 729 g/mol. The number of hydrogen-bond donors (Lipinski definition) is 0. The quantitative estimate of drug-likeness (QED) is 0.177. The van der Waals surface area contributed by atoms with Gasteiger partial charge < -0.3 is 8.98 Å². The number of fused-ring (bicyclic) bond motifs is 10. The van der Waals surface area contributed by atoms with Crippen molar-refractivity contribution in [3.05, 3.63) is 194 Å². The molecule has 0 aliphatic carbocycles. The van der Waals surface area contributed by atoms with E-state index >= 15 is 0 Å². The Morgan fingerprint density at radius 1 is 0.351 bits per heavy atom. The molecule has 0 aliphatic heterocycles. The van der Waals surface area contributed by atoms with Gasteiger partial charge in [0.25, 0.3) is 0 Å². The molecule has 0 N–H and O–H groups in total. The van der Waals surface area contributed by atoms with Crippen molar-refractivity contribution in [2.45, 2.75) is 0 Å². The first-order chi connectivity index (χ1) is 28.3. The minimum absolute atomic E-state index is 0.695. The molecule has 0 unspecified atom stereocenters. The average Bonchev–Trinajstić information content (AvgIpc) is 3.94. The maximum absolute atomic E-state index is 6.43. The third-order valence-corrected chi connectivity index (χ3v) is 11.3. The molecule has 0 amide bonds. The standard InChI is InChI=1S/C52H32N4O/c1-5-15-33(16-6-1)50-49-41-32-36(26-28-43(41)56(38-21-11-4-12-22-38)52(49)54-51(53-50)34-17-7-2-8-18-34)35-25-27-42-40(31-35)47-44(55(42)37-19-9-3-10-20-37)29-30-46-48(47)39-23-13-14-24-45(39)57-46/h1-32H. The summed E-state index contributed by atoms with van der Waals surface area (Å²) in [4.78, 5) is 10.7. The van der Waals surface area contributed by atoms with Gasteiger partial charge in [0, 0.05) is 49.4 Å². The molecule has 266 valence electrons. The Labute approximate surface area is 327 Å². The van der Waals surface area contributed by atoms with Crippen molar-refractivity contribution >= 4 is 65.7 Å². The van der Waals surface area contributed by atoms with E-state index in [4.69, 9.17) is 14.4 Å². The Morgan fingerprint density at radius 2 is 0.895 bits per heavy atom. The fourth-order valence-corrected chi connectivity index (χ4v) is 8.80. The van der Waals surface area contributed by atoms with Crippen molar-refractivity contribution in [1.82, 2.24) is 19.1 Å². The lowest BCUT2D eigenvalue weighted by Crippen LogP contribution is -1.99. The van der Waals surface area contributed by atoms with Crippen molar-refractivity contribution in [3.63, 3.8) is 0 Å². The fourth-order valence-electron chi connectivity index (χ4n) is 8.80.